The Morgan fingerprint density at radius 3 is 2.57 bits per heavy atom. The third-order valence-corrected chi connectivity index (χ3v) is 4.67. The Morgan fingerprint density at radius 1 is 1.29 bits per heavy atom. The Labute approximate surface area is 129 Å². The summed E-state index contributed by atoms with van der Waals surface area (Å²) in [5.74, 6) is -0.685. The summed E-state index contributed by atoms with van der Waals surface area (Å²) in [6, 6.07) is 5.25. The number of pyridine rings is 1. The predicted molar refractivity (Wildman–Crippen MR) is 82.1 cm³/mol. The molecule has 0 atom stereocenters. The van der Waals surface area contributed by atoms with Crippen LogP contribution in [0.2, 0.25) is 0 Å². The largest absolute Gasteiger partial charge is 0.398 e. The number of primary amides is 1. The lowest BCUT2D eigenvalue weighted by atomic mass is 10.2. The van der Waals surface area contributed by atoms with Crippen LogP contribution in [-0.2, 0) is 10.0 Å². The molecule has 21 heavy (non-hydrogen) atoms. The normalized spacial score (nSPS) is 11.1. The summed E-state index contributed by atoms with van der Waals surface area (Å²) < 4.78 is 27.5. The van der Waals surface area contributed by atoms with E-state index in [-0.39, 0.29) is 16.1 Å². The molecule has 0 saturated carbocycles. The number of nitrogens with zero attached hydrogens (tertiary/aromatic N) is 1. The van der Waals surface area contributed by atoms with Gasteiger partial charge in [0.2, 0.25) is 5.91 Å². The van der Waals surface area contributed by atoms with Gasteiger partial charge in [0.05, 0.1) is 15.8 Å². The van der Waals surface area contributed by atoms with Gasteiger partial charge in [-0.1, -0.05) is 0 Å². The molecule has 9 heteroatoms. The Morgan fingerprint density at radius 2 is 2.00 bits per heavy atom. The number of aromatic nitrogens is 1. The molecule has 1 aromatic carbocycles. The molecule has 0 radical (unpaired) electrons. The van der Waals surface area contributed by atoms with Crippen molar-refractivity contribution in [3.05, 3.63) is 46.7 Å². The monoisotopic (exact) mass is 370 g/mol. The van der Waals surface area contributed by atoms with Crippen LogP contribution in [0.25, 0.3) is 0 Å². The number of hydrogen-bond acceptors (Lipinski definition) is 5. The highest BCUT2D eigenvalue weighted by Gasteiger charge is 2.19. The second kappa shape index (κ2) is 5.70. The summed E-state index contributed by atoms with van der Waals surface area (Å²) in [6.07, 6.45) is 2.90. The van der Waals surface area contributed by atoms with Crippen molar-refractivity contribution in [2.24, 2.45) is 5.73 Å². The van der Waals surface area contributed by atoms with E-state index in [0.29, 0.717) is 10.2 Å². The average Bonchev–Trinajstić information content (AvgIpc) is 2.40. The molecule has 2 rings (SSSR count). The van der Waals surface area contributed by atoms with Crippen molar-refractivity contribution in [1.82, 2.24) is 4.98 Å². The van der Waals surface area contributed by atoms with Crippen LogP contribution in [0.15, 0.2) is 46.0 Å². The minimum Gasteiger partial charge on any atom is -0.398 e. The molecule has 0 fully saturated rings. The first kappa shape index (κ1) is 15.3. The van der Waals surface area contributed by atoms with E-state index < -0.39 is 15.9 Å². The van der Waals surface area contributed by atoms with Crippen molar-refractivity contribution < 1.29 is 13.2 Å². The van der Waals surface area contributed by atoms with E-state index in [2.05, 4.69) is 25.6 Å². The van der Waals surface area contributed by atoms with Crippen molar-refractivity contribution >= 4 is 43.2 Å². The number of carbonyl (C=O) groups excluding carboxylic acids is 1. The Kier molecular flexibility index (Phi) is 4.14. The minimum atomic E-state index is -3.89. The molecule has 0 aliphatic rings. The quantitative estimate of drug-likeness (QED) is 0.699. The van der Waals surface area contributed by atoms with E-state index in [1.54, 1.807) is 0 Å². The Hall–Kier alpha value is -2.13. The van der Waals surface area contributed by atoms with Gasteiger partial charge in [0.25, 0.3) is 10.0 Å². The summed E-state index contributed by atoms with van der Waals surface area (Å²) in [5.41, 5.74) is 11.2. The van der Waals surface area contributed by atoms with Crippen molar-refractivity contribution in [2.75, 3.05) is 10.5 Å². The van der Waals surface area contributed by atoms with E-state index >= 15 is 0 Å². The predicted octanol–water partition coefficient (Wildman–Crippen LogP) is 1.33. The number of carbonyl (C=O) groups is 1. The van der Waals surface area contributed by atoms with Gasteiger partial charge < -0.3 is 11.5 Å². The number of rotatable bonds is 4. The van der Waals surface area contributed by atoms with Gasteiger partial charge in [0, 0.05) is 18.0 Å². The summed E-state index contributed by atoms with van der Waals surface area (Å²) in [4.78, 5) is 14.7. The zero-order chi connectivity index (χ0) is 15.6. The standard InChI is InChI=1S/C12H11BrN4O3S/c13-8-6-16-4-3-10(8)17-21(19,20)11-2-1-7(12(15)18)5-9(11)14/h1-6H,14H2,(H2,15,18)(H,16,17). The molecule has 0 bridgehead atoms. The zero-order valence-electron chi connectivity index (χ0n) is 10.6. The number of amides is 1. The fourth-order valence-corrected chi connectivity index (χ4v) is 3.28. The molecular formula is C12H11BrN4O3S. The van der Waals surface area contributed by atoms with Crippen molar-refractivity contribution in [3.8, 4) is 0 Å². The topological polar surface area (TPSA) is 128 Å². The van der Waals surface area contributed by atoms with Gasteiger partial charge in [0.15, 0.2) is 0 Å². The molecule has 1 heterocycles. The highest BCUT2D eigenvalue weighted by atomic mass is 79.9. The summed E-state index contributed by atoms with van der Waals surface area (Å²) in [6.45, 7) is 0. The number of hydrogen-bond donors (Lipinski definition) is 3. The van der Waals surface area contributed by atoms with Gasteiger partial charge >= 0.3 is 0 Å². The zero-order valence-corrected chi connectivity index (χ0v) is 13.0. The van der Waals surface area contributed by atoms with Gasteiger partial charge in [-0.3, -0.25) is 14.5 Å². The molecule has 110 valence electrons. The molecule has 0 unspecified atom stereocenters. The van der Waals surface area contributed by atoms with Crippen LogP contribution in [-0.4, -0.2) is 19.3 Å². The smallest absolute Gasteiger partial charge is 0.263 e. The van der Waals surface area contributed by atoms with Crippen LogP contribution in [0, 0.1) is 0 Å². The van der Waals surface area contributed by atoms with E-state index in [4.69, 9.17) is 11.5 Å². The minimum absolute atomic E-state index is 0.0658. The third-order valence-electron chi connectivity index (χ3n) is 2.60. The van der Waals surface area contributed by atoms with Gasteiger partial charge in [-0.05, 0) is 40.2 Å². The lowest BCUT2D eigenvalue weighted by molar-refractivity contribution is 0.1000. The van der Waals surface area contributed by atoms with Gasteiger partial charge in [0.1, 0.15) is 4.90 Å². The molecule has 5 N–H and O–H groups in total. The third kappa shape index (κ3) is 3.31. The molecule has 0 aliphatic carbocycles. The molecular weight excluding hydrogens is 360 g/mol. The maximum Gasteiger partial charge on any atom is 0.263 e. The number of benzene rings is 1. The first-order valence-corrected chi connectivity index (χ1v) is 7.90. The van der Waals surface area contributed by atoms with Gasteiger partial charge in [-0.2, -0.15) is 0 Å². The number of sulfonamides is 1. The molecule has 7 nitrogen and oxygen atoms in total. The van der Waals surface area contributed by atoms with E-state index in [1.807, 2.05) is 0 Å². The van der Waals surface area contributed by atoms with Crippen LogP contribution in [0.1, 0.15) is 10.4 Å². The lowest BCUT2D eigenvalue weighted by Gasteiger charge is -2.11. The van der Waals surface area contributed by atoms with Crippen LogP contribution in [0.3, 0.4) is 0 Å². The Bertz CT molecular complexity index is 808. The highest BCUT2D eigenvalue weighted by molar-refractivity contribution is 9.10. The number of nitrogen functional groups attached to an aromatic ring is 1. The SMILES string of the molecule is NC(=O)c1ccc(S(=O)(=O)Nc2ccncc2Br)c(N)c1. The van der Waals surface area contributed by atoms with E-state index in [0.717, 1.165) is 0 Å². The van der Waals surface area contributed by atoms with Gasteiger partial charge in [-0.15, -0.1) is 0 Å². The second-order valence-electron chi connectivity index (χ2n) is 4.08. The number of nitrogens with two attached hydrogens (primary N) is 2. The van der Waals surface area contributed by atoms with Crippen LogP contribution < -0.4 is 16.2 Å². The molecule has 2 aromatic rings. The molecule has 1 aromatic heterocycles. The average molecular weight is 371 g/mol. The summed E-state index contributed by atoms with van der Waals surface area (Å²) >= 11 is 3.19. The fourth-order valence-electron chi connectivity index (χ4n) is 1.60. The summed E-state index contributed by atoms with van der Waals surface area (Å²) in [7, 11) is -3.89. The lowest BCUT2D eigenvalue weighted by Crippen LogP contribution is -2.17. The van der Waals surface area contributed by atoms with Crippen LogP contribution >= 0.6 is 15.9 Å². The number of anilines is 2. The fraction of sp³-hybridized carbons (Fsp3) is 0. The molecule has 0 aliphatic heterocycles. The van der Waals surface area contributed by atoms with Crippen molar-refractivity contribution in [2.45, 2.75) is 4.90 Å². The Balaban J connectivity index is 2.41. The maximum absolute atomic E-state index is 12.3. The number of nitrogens with one attached hydrogen (secondary N) is 1. The van der Waals surface area contributed by atoms with E-state index in [9.17, 15) is 13.2 Å². The number of halogens is 1. The van der Waals surface area contributed by atoms with Gasteiger partial charge in [-0.25, -0.2) is 8.42 Å². The van der Waals surface area contributed by atoms with Crippen molar-refractivity contribution in [3.63, 3.8) is 0 Å². The van der Waals surface area contributed by atoms with Crippen LogP contribution in [0.4, 0.5) is 11.4 Å². The van der Waals surface area contributed by atoms with Crippen molar-refractivity contribution in [1.29, 1.82) is 0 Å². The first-order chi connectivity index (χ1) is 9.81. The molecule has 0 spiro atoms. The summed E-state index contributed by atoms with van der Waals surface area (Å²) in [5, 5.41) is 0. The highest BCUT2D eigenvalue weighted by Crippen LogP contribution is 2.26. The maximum atomic E-state index is 12.3. The first-order valence-electron chi connectivity index (χ1n) is 5.63. The van der Waals surface area contributed by atoms with Crippen LogP contribution in [0.5, 0.6) is 0 Å². The van der Waals surface area contributed by atoms with E-state index in [1.165, 1.54) is 36.7 Å². The second-order valence-corrected chi connectivity index (χ2v) is 6.58. The molecule has 1 amide bonds. The molecule has 0 saturated heterocycles.